The predicted molar refractivity (Wildman–Crippen MR) is 216 cm³/mol. The maximum Gasteiger partial charge on any atom is 2.00 e. The van der Waals surface area contributed by atoms with E-state index >= 15 is 0 Å². The molecule has 0 saturated heterocycles. The molecule has 0 bridgehead atoms. The van der Waals surface area contributed by atoms with Crippen LogP contribution in [0.2, 0.25) is 0 Å². The number of unbranched alkanes of at least 4 members (excludes halogenated alkanes) is 9. The van der Waals surface area contributed by atoms with Crippen LogP contribution in [0.5, 0.6) is 0 Å². The molecule has 0 heterocycles. The zero-order valence-corrected chi connectivity index (χ0v) is 36.7. The Kier molecular flexibility index (Phi) is 78.0. The molecule has 6 heteroatoms. The van der Waals surface area contributed by atoms with Crippen LogP contribution < -0.4 is 0 Å². The predicted octanol–water partition coefficient (Wildman–Crippen LogP) is 13.3. The topological polar surface area (TPSA) is 34.1 Å². The van der Waals surface area contributed by atoms with E-state index in [-0.39, 0.29) is 43.2 Å². The van der Waals surface area contributed by atoms with E-state index in [1.807, 2.05) is 0 Å². The summed E-state index contributed by atoms with van der Waals surface area (Å²) in [5.74, 6) is 0. The second-order valence-corrected chi connectivity index (χ2v) is 21.2. The fourth-order valence-electron chi connectivity index (χ4n) is 4.97. The zero-order valence-electron chi connectivity index (χ0n) is 31.9. The van der Waals surface area contributed by atoms with Crippen molar-refractivity contribution in [2.45, 2.75) is 178 Å². The second kappa shape index (κ2) is 59.7. The summed E-state index contributed by atoms with van der Waals surface area (Å²) < 4.78 is 0. The second-order valence-electron chi connectivity index (χ2n) is 12.2. The minimum atomic E-state index is 0. The molecule has 0 unspecified atom stereocenters. The van der Waals surface area contributed by atoms with Crippen LogP contribution >= 0.6 is 23.8 Å². The summed E-state index contributed by atoms with van der Waals surface area (Å²) in [6.45, 7) is 27.4. The van der Waals surface area contributed by atoms with E-state index in [1.165, 1.54) is 116 Å². The summed E-state index contributed by atoms with van der Waals surface area (Å²) in [4.78, 5) is 15.5. The van der Waals surface area contributed by atoms with Crippen LogP contribution in [0.4, 0.5) is 0 Å². The summed E-state index contributed by atoms with van der Waals surface area (Å²) in [6, 6.07) is 0. The summed E-state index contributed by atoms with van der Waals surface area (Å²) in [5, 5.41) is 0. The van der Waals surface area contributed by atoms with Gasteiger partial charge < -0.3 is 9.59 Å². The maximum atomic E-state index is 7.75. The Morgan fingerprint density at radius 2 is 0.364 bits per heavy atom. The van der Waals surface area contributed by atoms with Gasteiger partial charge in [0.1, 0.15) is 0 Å². The molecule has 0 saturated carbocycles. The quantitative estimate of drug-likeness (QED) is 0.0361. The van der Waals surface area contributed by atoms with E-state index in [0.29, 0.717) is 0 Å². The fourth-order valence-corrected chi connectivity index (χ4v) is 14.9. The van der Waals surface area contributed by atoms with Crippen molar-refractivity contribution >= 4 is 37.3 Å². The van der Waals surface area contributed by atoms with E-state index in [4.69, 9.17) is 9.59 Å². The Labute approximate surface area is 298 Å². The van der Waals surface area contributed by atoms with Crippen LogP contribution in [0.15, 0.2) is 0 Å². The largest absolute Gasteiger partial charge is 2.00 e. The van der Waals surface area contributed by atoms with Gasteiger partial charge in [0.15, 0.2) is 0 Å². The van der Waals surface area contributed by atoms with Crippen LogP contribution in [0, 0.1) is 0 Å². The number of hydrogen-bond acceptors (Lipinski definition) is 2. The van der Waals surface area contributed by atoms with Crippen molar-refractivity contribution in [2.24, 2.45) is 0 Å². The zero-order chi connectivity index (χ0) is 33.8. The average molecular weight is 769 g/mol. The van der Waals surface area contributed by atoms with E-state index < -0.39 is 0 Å². The van der Waals surface area contributed by atoms with E-state index in [9.17, 15) is 0 Å². The van der Waals surface area contributed by atoms with Crippen molar-refractivity contribution < 1.29 is 29.1 Å². The summed E-state index contributed by atoms with van der Waals surface area (Å²) in [7, 11) is 0.202. The van der Waals surface area contributed by atoms with Gasteiger partial charge in [-0.1, -0.05) is 120 Å². The molecule has 0 fully saturated rings. The molecule has 2 nitrogen and oxygen atoms in total. The Morgan fingerprint density at radius 1 is 0.273 bits per heavy atom. The van der Waals surface area contributed by atoms with Crippen LogP contribution in [-0.4, -0.2) is 69.0 Å². The van der Waals surface area contributed by atoms with Gasteiger partial charge in [0.05, 0.1) is 55.5 Å². The summed E-state index contributed by atoms with van der Waals surface area (Å²) in [6.07, 6.45) is 40.2. The molecule has 270 valence electrons. The Bertz CT molecular complexity index is 317. The van der Waals surface area contributed by atoms with Crippen molar-refractivity contribution in [3.8, 4) is 0 Å². The molecule has 0 aromatic carbocycles. The maximum absolute atomic E-state index is 7.75. The van der Waals surface area contributed by atoms with Crippen molar-refractivity contribution in [2.75, 3.05) is 55.5 Å². The smallest absolute Gasteiger partial charge is 0.545 e. The van der Waals surface area contributed by atoms with Gasteiger partial charge in [0.2, 0.25) is 0 Å². The standard InChI is InChI=1S/3C12H27P.2CHO.Ru/c3*1-4-7-10-13(11-8-5-2)12-9-6-3;2*1-2;/h3*4-12H2,1-3H3;2*1H;/q;;;2*-1;+2/p+3. The first-order chi connectivity index (χ1) is 21.0. The normalized spacial score (nSPS) is 10.0. The van der Waals surface area contributed by atoms with Crippen molar-refractivity contribution in [1.82, 2.24) is 0 Å². The molecular weight excluding hydrogens is 682 g/mol. The molecule has 0 amide bonds. The van der Waals surface area contributed by atoms with Gasteiger partial charge in [-0.25, -0.2) is 0 Å². The molecule has 0 aliphatic rings. The number of hydrogen-bond donors (Lipinski definition) is 0. The van der Waals surface area contributed by atoms with Crippen molar-refractivity contribution in [3.05, 3.63) is 0 Å². The minimum Gasteiger partial charge on any atom is -0.545 e. The Balaban J connectivity index is -0.000000115. The first-order valence-electron chi connectivity index (χ1n) is 19.0. The SMILES string of the molecule is CCCC[PH+](CCCC)CCCC.CCCC[PH+](CCCC)CCCC.CCCC[PH+](CCCC)CCCC.[CH-]=O.[CH-]=O.[Ru+2]. The molecule has 0 aliphatic carbocycles. The number of carbonyl (C=O) groups excluding carboxylic acids is 2. The molecule has 0 spiro atoms. The van der Waals surface area contributed by atoms with Gasteiger partial charge >= 0.3 is 19.5 Å². The monoisotopic (exact) mass is 769 g/mol. The molecule has 0 aliphatic heterocycles. The average Bonchev–Trinajstić information content (AvgIpc) is 3.06. The van der Waals surface area contributed by atoms with Crippen molar-refractivity contribution in [1.29, 1.82) is 0 Å². The van der Waals surface area contributed by atoms with Gasteiger partial charge in [0.25, 0.3) is 0 Å². The third kappa shape index (κ3) is 55.6. The molecule has 0 aromatic heterocycles. The molecule has 0 rings (SSSR count). The van der Waals surface area contributed by atoms with Gasteiger partial charge in [-0.05, 0) is 57.8 Å². The Morgan fingerprint density at radius 3 is 0.432 bits per heavy atom. The van der Waals surface area contributed by atoms with Gasteiger partial charge in [-0.3, -0.25) is 13.6 Å². The third-order valence-electron chi connectivity index (χ3n) is 7.95. The van der Waals surface area contributed by atoms with Gasteiger partial charge in [-0.15, -0.1) is 0 Å². The molecular formula is C38H86O2P3Ru+3. The Hall–Kier alpha value is 1.25. The molecule has 0 aromatic rings. The molecule has 0 atom stereocenters. The first kappa shape index (κ1) is 57.5. The summed E-state index contributed by atoms with van der Waals surface area (Å²) in [5.41, 5.74) is 0. The summed E-state index contributed by atoms with van der Waals surface area (Å²) >= 11 is 0. The number of rotatable bonds is 27. The van der Waals surface area contributed by atoms with Gasteiger partial charge in [0, 0.05) is 23.8 Å². The van der Waals surface area contributed by atoms with Crippen LogP contribution in [0.3, 0.4) is 0 Å². The van der Waals surface area contributed by atoms with Crippen molar-refractivity contribution in [3.63, 3.8) is 0 Å². The van der Waals surface area contributed by atoms with Crippen LogP contribution in [-0.2, 0) is 29.1 Å². The molecule has 0 radical (unpaired) electrons. The van der Waals surface area contributed by atoms with E-state index in [2.05, 4.69) is 75.9 Å². The minimum absolute atomic E-state index is 0. The van der Waals surface area contributed by atoms with Crippen LogP contribution in [0.25, 0.3) is 0 Å². The van der Waals surface area contributed by atoms with Gasteiger partial charge in [-0.2, -0.15) is 0 Å². The fraction of sp³-hybridized carbons (Fsp3) is 0.947. The third-order valence-corrected chi connectivity index (χ3v) is 17.5. The molecule has 44 heavy (non-hydrogen) atoms. The van der Waals surface area contributed by atoms with E-state index in [0.717, 1.165) is 0 Å². The van der Waals surface area contributed by atoms with E-state index in [1.54, 1.807) is 55.5 Å². The molecule has 0 N–H and O–H groups in total. The van der Waals surface area contributed by atoms with Crippen LogP contribution in [0.1, 0.15) is 178 Å². The first-order valence-corrected chi connectivity index (χ1v) is 25.4.